The SMILES string of the molecule is C=C[C@@H](CCO)NS(=O)(=O)c1ccc(C)cc1. The average molecular weight is 255 g/mol. The fraction of sp³-hybridized carbons (Fsp3) is 0.333. The summed E-state index contributed by atoms with van der Waals surface area (Å²) >= 11 is 0. The number of nitrogens with one attached hydrogen (secondary N) is 1. The minimum Gasteiger partial charge on any atom is -0.396 e. The first-order chi connectivity index (χ1) is 7.99. The Morgan fingerprint density at radius 3 is 2.47 bits per heavy atom. The summed E-state index contributed by atoms with van der Waals surface area (Å²) in [5.74, 6) is 0. The minimum absolute atomic E-state index is 0.0902. The predicted octanol–water partition coefficient (Wildman–Crippen LogP) is 1.21. The Hall–Kier alpha value is -1.17. The zero-order valence-electron chi connectivity index (χ0n) is 9.76. The largest absolute Gasteiger partial charge is 0.396 e. The summed E-state index contributed by atoms with van der Waals surface area (Å²) in [7, 11) is -3.54. The molecule has 17 heavy (non-hydrogen) atoms. The van der Waals surface area contributed by atoms with E-state index >= 15 is 0 Å². The summed E-state index contributed by atoms with van der Waals surface area (Å²) in [5, 5.41) is 8.79. The maximum Gasteiger partial charge on any atom is 0.241 e. The average Bonchev–Trinajstić information content (AvgIpc) is 2.28. The van der Waals surface area contributed by atoms with E-state index in [4.69, 9.17) is 5.11 Å². The van der Waals surface area contributed by atoms with Crippen LogP contribution in [0.25, 0.3) is 0 Å². The van der Waals surface area contributed by atoms with Crippen LogP contribution in [0.15, 0.2) is 41.8 Å². The minimum atomic E-state index is -3.54. The van der Waals surface area contributed by atoms with Crippen LogP contribution >= 0.6 is 0 Å². The van der Waals surface area contributed by atoms with Crippen molar-refractivity contribution in [2.45, 2.75) is 24.3 Å². The van der Waals surface area contributed by atoms with Gasteiger partial charge in [0.1, 0.15) is 0 Å². The molecule has 1 rings (SSSR count). The highest BCUT2D eigenvalue weighted by Crippen LogP contribution is 2.11. The molecule has 0 bridgehead atoms. The number of benzene rings is 1. The van der Waals surface area contributed by atoms with Gasteiger partial charge in [0.15, 0.2) is 0 Å². The highest BCUT2D eigenvalue weighted by molar-refractivity contribution is 7.89. The van der Waals surface area contributed by atoms with E-state index in [0.29, 0.717) is 6.42 Å². The van der Waals surface area contributed by atoms with Crippen molar-refractivity contribution in [2.24, 2.45) is 0 Å². The normalized spacial score (nSPS) is 13.3. The first kappa shape index (κ1) is 13.9. The van der Waals surface area contributed by atoms with Gasteiger partial charge < -0.3 is 5.11 Å². The van der Waals surface area contributed by atoms with Crippen LogP contribution in [-0.2, 0) is 10.0 Å². The highest BCUT2D eigenvalue weighted by atomic mass is 32.2. The number of aliphatic hydroxyl groups excluding tert-OH is 1. The standard InChI is InChI=1S/C12H17NO3S/c1-3-11(8-9-14)13-17(15,16)12-6-4-10(2)5-7-12/h3-7,11,13-14H,1,8-9H2,2H3/t11-/m0/s1. The van der Waals surface area contributed by atoms with Gasteiger partial charge >= 0.3 is 0 Å². The molecular weight excluding hydrogens is 238 g/mol. The Bertz CT molecular complexity index is 465. The van der Waals surface area contributed by atoms with Crippen LogP contribution in [0.3, 0.4) is 0 Å². The molecule has 0 saturated heterocycles. The van der Waals surface area contributed by atoms with Crippen LogP contribution in [0, 0.1) is 6.92 Å². The molecule has 0 aliphatic heterocycles. The van der Waals surface area contributed by atoms with E-state index in [9.17, 15) is 8.42 Å². The van der Waals surface area contributed by atoms with E-state index < -0.39 is 16.1 Å². The first-order valence-electron chi connectivity index (χ1n) is 5.32. The molecule has 0 saturated carbocycles. The lowest BCUT2D eigenvalue weighted by Crippen LogP contribution is -2.33. The monoisotopic (exact) mass is 255 g/mol. The van der Waals surface area contributed by atoms with Gasteiger partial charge in [-0.1, -0.05) is 23.8 Å². The molecule has 0 radical (unpaired) electrons. The van der Waals surface area contributed by atoms with Crippen molar-refractivity contribution in [3.8, 4) is 0 Å². The molecule has 0 fully saturated rings. The van der Waals surface area contributed by atoms with E-state index in [1.165, 1.54) is 6.08 Å². The fourth-order valence-electron chi connectivity index (χ4n) is 1.35. The lowest BCUT2D eigenvalue weighted by Gasteiger charge is -2.13. The van der Waals surface area contributed by atoms with Gasteiger partial charge in [0, 0.05) is 12.6 Å². The molecule has 0 spiro atoms. The summed E-state index contributed by atoms with van der Waals surface area (Å²) < 4.78 is 26.4. The van der Waals surface area contributed by atoms with E-state index in [2.05, 4.69) is 11.3 Å². The summed E-state index contributed by atoms with van der Waals surface area (Å²) in [6.45, 7) is 5.33. The lowest BCUT2D eigenvalue weighted by molar-refractivity contribution is 0.280. The quantitative estimate of drug-likeness (QED) is 0.751. The molecule has 0 heterocycles. The van der Waals surface area contributed by atoms with Crippen LogP contribution in [0.2, 0.25) is 0 Å². The molecule has 94 valence electrons. The van der Waals surface area contributed by atoms with Gasteiger partial charge in [-0.15, -0.1) is 6.58 Å². The Balaban J connectivity index is 2.88. The van der Waals surface area contributed by atoms with E-state index in [0.717, 1.165) is 5.56 Å². The Kier molecular flexibility index (Phi) is 4.86. The van der Waals surface area contributed by atoms with E-state index in [-0.39, 0.29) is 11.5 Å². The van der Waals surface area contributed by atoms with Gasteiger partial charge in [-0.2, -0.15) is 0 Å². The summed E-state index contributed by atoms with van der Waals surface area (Å²) in [4.78, 5) is 0.216. The number of sulfonamides is 1. The van der Waals surface area contributed by atoms with Crippen molar-refractivity contribution >= 4 is 10.0 Å². The van der Waals surface area contributed by atoms with E-state index in [1.807, 2.05) is 6.92 Å². The van der Waals surface area contributed by atoms with Gasteiger partial charge in [0.2, 0.25) is 10.0 Å². The van der Waals surface area contributed by atoms with Crippen LogP contribution in [-0.4, -0.2) is 26.2 Å². The molecule has 0 aliphatic rings. The predicted molar refractivity (Wildman–Crippen MR) is 67.2 cm³/mol. The van der Waals surface area contributed by atoms with Gasteiger partial charge in [0.05, 0.1) is 4.90 Å². The second-order valence-electron chi connectivity index (χ2n) is 3.79. The summed E-state index contributed by atoms with van der Waals surface area (Å²) in [6.07, 6.45) is 1.79. The Morgan fingerprint density at radius 2 is 2.00 bits per heavy atom. The Labute approximate surface area is 102 Å². The third-order valence-electron chi connectivity index (χ3n) is 2.36. The molecule has 0 amide bonds. The van der Waals surface area contributed by atoms with Crippen LogP contribution in [0.4, 0.5) is 0 Å². The molecule has 1 atom stereocenters. The second-order valence-corrected chi connectivity index (χ2v) is 5.50. The fourth-order valence-corrected chi connectivity index (χ4v) is 2.59. The van der Waals surface area contributed by atoms with Crippen LogP contribution in [0.5, 0.6) is 0 Å². The second kappa shape index (κ2) is 5.95. The number of aliphatic hydroxyl groups is 1. The van der Waals surface area contributed by atoms with Crippen molar-refractivity contribution < 1.29 is 13.5 Å². The first-order valence-corrected chi connectivity index (χ1v) is 6.80. The van der Waals surface area contributed by atoms with Crippen molar-refractivity contribution in [1.29, 1.82) is 0 Å². The number of aryl methyl sites for hydroxylation is 1. The van der Waals surface area contributed by atoms with Gasteiger partial charge in [0.25, 0.3) is 0 Å². The Morgan fingerprint density at radius 1 is 1.41 bits per heavy atom. The zero-order chi connectivity index (χ0) is 12.9. The molecule has 4 nitrogen and oxygen atoms in total. The van der Waals surface area contributed by atoms with Crippen LogP contribution < -0.4 is 4.72 Å². The number of hydrogen-bond donors (Lipinski definition) is 2. The molecule has 5 heteroatoms. The third kappa shape index (κ3) is 3.96. The molecule has 0 unspecified atom stereocenters. The van der Waals surface area contributed by atoms with Crippen molar-refractivity contribution in [2.75, 3.05) is 6.61 Å². The van der Waals surface area contributed by atoms with Gasteiger partial charge in [-0.05, 0) is 25.5 Å². The number of hydrogen-bond acceptors (Lipinski definition) is 3. The molecule has 0 aliphatic carbocycles. The van der Waals surface area contributed by atoms with Crippen molar-refractivity contribution in [3.05, 3.63) is 42.5 Å². The van der Waals surface area contributed by atoms with Crippen LogP contribution in [0.1, 0.15) is 12.0 Å². The highest BCUT2D eigenvalue weighted by Gasteiger charge is 2.17. The number of rotatable bonds is 6. The third-order valence-corrected chi connectivity index (χ3v) is 3.87. The summed E-state index contributed by atoms with van der Waals surface area (Å²) in [6, 6.07) is 6.13. The molecule has 2 N–H and O–H groups in total. The van der Waals surface area contributed by atoms with Crippen molar-refractivity contribution in [3.63, 3.8) is 0 Å². The smallest absolute Gasteiger partial charge is 0.241 e. The van der Waals surface area contributed by atoms with Gasteiger partial charge in [-0.3, -0.25) is 0 Å². The lowest BCUT2D eigenvalue weighted by atomic mass is 10.2. The molecule has 1 aromatic rings. The topological polar surface area (TPSA) is 66.4 Å². The maximum absolute atomic E-state index is 11.9. The summed E-state index contributed by atoms with van der Waals surface area (Å²) in [5.41, 5.74) is 1.000. The van der Waals surface area contributed by atoms with Crippen molar-refractivity contribution in [1.82, 2.24) is 4.72 Å². The molecule has 0 aromatic heterocycles. The van der Waals surface area contributed by atoms with Gasteiger partial charge in [-0.25, -0.2) is 13.1 Å². The maximum atomic E-state index is 11.9. The zero-order valence-corrected chi connectivity index (χ0v) is 10.6. The molecular formula is C12H17NO3S. The molecule has 1 aromatic carbocycles. The van der Waals surface area contributed by atoms with E-state index in [1.54, 1.807) is 24.3 Å².